The Bertz CT molecular complexity index is 521. The maximum Gasteiger partial charge on any atom is 0.135 e. The lowest BCUT2D eigenvalue weighted by atomic mass is 10.2. The van der Waals surface area contributed by atoms with Crippen molar-refractivity contribution >= 4 is 34.4 Å². The molecule has 1 aromatic carbocycles. The van der Waals surface area contributed by atoms with Crippen molar-refractivity contribution in [2.24, 2.45) is 9.98 Å². The molecule has 0 amide bonds. The lowest BCUT2D eigenvalue weighted by Crippen LogP contribution is -2.00. The second-order valence-electron chi connectivity index (χ2n) is 4.94. The summed E-state index contributed by atoms with van der Waals surface area (Å²) in [5, 5.41) is 0. The number of aliphatic imine (C=N–C) groups is 2. The van der Waals surface area contributed by atoms with Gasteiger partial charge in [-0.2, -0.15) is 0 Å². The summed E-state index contributed by atoms with van der Waals surface area (Å²) in [5.41, 5.74) is 2.94. The van der Waals surface area contributed by atoms with E-state index in [1.807, 2.05) is 38.1 Å². The quantitative estimate of drug-likeness (QED) is 0.739. The standard InChI is InChI=1S/C16H20N2O2/c1-11(9-13(3)19)17-15-7-5-6-8-16(15)18-12(2)10-14(4)20/h5-8H,9-10H2,1-4H3. The average Bonchev–Trinajstić information content (AvgIpc) is 2.29. The molecule has 0 atom stereocenters. The van der Waals surface area contributed by atoms with E-state index < -0.39 is 0 Å². The molecule has 0 heterocycles. The second kappa shape index (κ2) is 7.48. The molecule has 20 heavy (non-hydrogen) atoms. The Morgan fingerprint density at radius 2 is 1.15 bits per heavy atom. The van der Waals surface area contributed by atoms with Crippen LogP contribution in [0.5, 0.6) is 0 Å². The van der Waals surface area contributed by atoms with Gasteiger partial charge >= 0.3 is 0 Å². The van der Waals surface area contributed by atoms with Crippen LogP contribution in [-0.2, 0) is 9.59 Å². The molecule has 0 saturated carbocycles. The summed E-state index contributed by atoms with van der Waals surface area (Å²) in [6.07, 6.45) is 0.676. The van der Waals surface area contributed by atoms with Crippen LogP contribution in [0.4, 0.5) is 11.4 Å². The molecule has 0 aromatic heterocycles. The number of ketones is 2. The molecule has 0 unspecified atom stereocenters. The highest BCUT2D eigenvalue weighted by Crippen LogP contribution is 2.28. The molecule has 1 rings (SSSR count). The Labute approximate surface area is 119 Å². The third-order valence-electron chi connectivity index (χ3n) is 2.51. The first-order valence-corrected chi connectivity index (χ1v) is 6.54. The number of carbonyl (C=O) groups is 2. The van der Waals surface area contributed by atoms with Crippen LogP contribution in [0, 0.1) is 0 Å². The summed E-state index contributed by atoms with van der Waals surface area (Å²) in [5.74, 6) is 0.167. The normalized spacial score (nSPS) is 12.4. The molecule has 0 saturated heterocycles. The van der Waals surface area contributed by atoms with Crippen molar-refractivity contribution in [2.75, 3.05) is 0 Å². The van der Waals surface area contributed by atoms with Crippen LogP contribution in [0.2, 0.25) is 0 Å². The molecule has 1 aromatic rings. The maximum absolute atomic E-state index is 11.1. The number of hydrogen-bond donors (Lipinski definition) is 0. The lowest BCUT2D eigenvalue weighted by Gasteiger charge is -2.04. The van der Waals surface area contributed by atoms with Crippen LogP contribution in [-0.4, -0.2) is 23.0 Å². The van der Waals surface area contributed by atoms with Crippen LogP contribution in [0.15, 0.2) is 34.3 Å². The number of rotatable bonds is 6. The summed E-state index contributed by atoms with van der Waals surface area (Å²) in [6.45, 7) is 6.73. The van der Waals surface area contributed by atoms with Crippen molar-refractivity contribution in [1.82, 2.24) is 0 Å². The largest absolute Gasteiger partial charge is 0.300 e. The van der Waals surface area contributed by atoms with Gasteiger partial charge in [0.15, 0.2) is 0 Å². The summed E-state index contributed by atoms with van der Waals surface area (Å²) >= 11 is 0. The van der Waals surface area contributed by atoms with E-state index in [1.54, 1.807) is 13.8 Å². The van der Waals surface area contributed by atoms with Crippen molar-refractivity contribution in [3.05, 3.63) is 24.3 Å². The number of hydrogen-bond acceptors (Lipinski definition) is 4. The van der Waals surface area contributed by atoms with E-state index in [4.69, 9.17) is 0 Å². The topological polar surface area (TPSA) is 58.9 Å². The van der Waals surface area contributed by atoms with E-state index in [1.165, 1.54) is 0 Å². The zero-order valence-corrected chi connectivity index (χ0v) is 12.4. The van der Waals surface area contributed by atoms with Gasteiger partial charge in [0.25, 0.3) is 0 Å². The van der Waals surface area contributed by atoms with Crippen molar-refractivity contribution in [2.45, 2.75) is 40.5 Å². The highest BCUT2D eigenvalue weighted by atomic mass is 16.1. The molecule has 106 valence electrons. The van der Waals surface area contributed by atoms with Gasteiger partial charge in [-0.05, 0) is 39.8 Å². The molecule has 0 aliphatic carbocycles. The molecule has 0 aliphatic rings. The average molecular weight is 272 g/mol. The van der Waals surface area contributed by atoms with Gasteiger partial charge in [0, 0.05) is 24.3 Å². The monoisotopic (exact) mass is 272 g/mol. The fourth-order valence-electron chi connectivity index (χ4n) is 1.86. The van der Waals surface area contributed by atoms with E-state index in [9.17, 15) is 9.59 Å². The molecule has 0 spiro atoms. The fourth-order valence-corrected chi connectivity index (χ4v) is 1.86. The molecule has 0 aliphatic heterocycles. The molecule has 0 N–H and O–H groups in total. The Hall–Kier alpha value is -2.10. The third kappa shape index (κ3) is 5.69. The van der Waals surface area contributed by atoms with Crippen molar-refractivity contribution < 1.29 is 9.59 Å². The SMILES string of the molecule is CC(=O)CC(C)=Nc1ccccc1N=C(C)CC(C)=O. The predicted molar refractivity (Wildman–Crippen MR) is 82.6 cm³/mol. The Kier molecular flexibility index (Phi) is 5.97. The fraction of sp³-hybridized carbons (Fsp3) is 0.375. The summed E-state index contributed by atoms with van der Waals surface area (Å²) in [4.78, 5) is 31.0. The van der Waals surface area contributed by atoms with Crippen LogP contribution in [0.1, 0.15) is 40.5 Å². The van der Waals surface area contributed by atoms with Gasteiger partial charge < -0.3 is 0 Å². The van der Waals surface area contributed by atoms with Crippen LogP contribution < -0.4 is 0 Å². The Balaban J connectivity index is 3.05. The zero-order valence-electron chi connectivity index (χ0n) is 12.4. The Morgan fingerprint density at radius 3 is 1.45 bits per heavy atom. The van der Waals surface area contributed by atoms with Gasteiger partial charge in [-0.25, -0.2) is 0 Å². The van der Waals surface area contributed by atoms with E-state index in [0.717, 1.165) is 11.4 Å². The van der Waals surface area contributed by atoms with Crippen LogP contribution in [0.3, 0.4) is 0 Å². The predicted octanol–water partition coefficient (Wildman–Crippen LogP) is 3.83. The molecular formula is C16H20N2O2. The minimum atomic E-state index is 0.0833. The number of benzene rings is 1. The summed E-state index contributed by atoms with van der Waals surface area (Å²) in [6, 6.07) is 7.45. The molecule has 0 radical (unpaired) electrons. The third-order valence-corrected chi connectivity index (χ3v) is 2.51. The number of para-hydroxylation sites is 2. The summed E-state index contributed by atoms with van der Waals surface area (Å²) < 4.78 is 0. The molecule has 4 nitrogen and oxygen atoms in total. The van der Waals surface area contributed by atoms with Crippen molar-refractivity contribution in [3.63, 3.8) is 0 Å². The highest BCUT2D eigenvalue weighted by Gasteiger charge is 2.03. The molecule has 0 bridgehead atoms. The van der Waals surface area contributed by atoms with Crippen molar-refractivity contribution in [3.8, 4) is 0 Å². The second-order valence-corrected chi connectivity index (χ2v) is 4.94. The van der Waals surface area contributed by atoms with E-state index in [-0.39, 0.29) is 11.6 Å². The van der Waals surface area contributed by atoms with E-state index in [0.29, 0.717) is 24.2 Å². The smallest absolute Gasteiger partial charge is 0.135 e. The highest BCUT2D eigenvalue weighted by molar-refractivity contribution is 6.02. The first kappa shape index (κ1) is 16.0. The van der Waals surface area contributed by atoms with Gasteiger partial charge in [-0.1, -0.05) is 12.1 Å². The minimum absolute atomic E-state index is 0.0833. The van der Waals surface area contributed by atoms with Gasteiger partial charge in [0.1, 0.15) is 11.6 Å². The van der Waals surface area contributed by atoms with Crippen molar-refractivity contribution in [1.29, 1.82) is 0 Å². The number of carbonyl (C=O) groups excluding carboxylic acids is 2. The van der Waals surface area contributed by atoms with Crippen LogP contribution >= 0.6 is 0 Å². The van der Waals surface area contributed by atoms with Crippen LogP contribution in [0.25, 0.3) is 0 Å². The minimum Gasteiger partial charge on any atom is -0.300 e. The lowest BCUT2D eigenvalue weighted by molar-refractivity contribution is -0.116. The Morgan fingerprint density at radius 1 is 0.800 bits per heavy atom. The van der Waals surface area contributed by atoms with Gasteiger partial charge in [0.2, 0.25) is 0 Å². The van der Waals surface area contributed by atoms with E-state index >= 15 is 0 Å². The summed E-state index contributed by atoms with van der Waals surface area (Å²) in [7, 11) is 0. The molecule has 0 fully saturated rings. The first-order chi connectivity index (χ1) is 9.38. The van der Waals surface area contributed by atoms with Gasteiger partial charge in [-0.15, -0.1) is 0 Å². The van der Waals surface area contributed by atoms with Gasteiger partial charge in [-0.3, -0.25) is 19.6 Å². The van der Waals surface area contributed by atoms with Gasteiger partial charge in [0.05, 0.1) is 11.4 Å². The van der Waals surface area contributed by atoms with E-state index in [2.05, 4.69) is 9.98 Å². The molecular weight excluding hydrogens is 252 g/mol. The number of nitrogens with zero attached hydrogens (tertiary/aromatic N) is 2. The first-order valence-electron chi connectivity index (χ1n) is 6.54. The maximum atomic E-state index is 11.1. The molecule has 4 heteroatoms. The zero-order chi connectivity index (χ0) is 15.1. The number of Topliss-reactive ketones (excluding diaryl/α,β-unsaturated/α-hetero) is 2.